The number of ether oxygens (including phenoxy) is 1. The number of rotatable bonds is 4. The number of nitrogens with one attached hydrogen (secondary N) is 1. The zero-order chi connectivity index (χ0) is 13.6. The number of carbonyl (C=O) groups is 1. The molecule has 0 bridgehead atoms. The second kappa shape index (κ2) is 6.98. The summed E-state index contributed by atoms with van der Waals surface area (Å²) in [6.45, 7) is 11.6. The Balaban J connectivity index is 2.36. The lowest BCUT2D eigenvalue weighted by Gasteiger charge is -2.34. The van der Waals surface area contributed by atoms with Crippen LogP contribution in [0.2, 0.25) is 0 Å². The largest absolute Gasteiger partial charge is 0.444 e. The molecule has 1 fully saturated rings. The van der Waals surface area contributed by atoms with Crippen molar-refractivity contribution in [1.82, 2.24) is 10.2 Å². The van der Waals surface area contributed by atoms with Gasteiger partial charge in [0.2, 0.25) is 0 Å². The highest BCUT2D eigenvalue weighted by molar-refractivity contribution is 5.68. The van der Waals surface area contributed by atoms with Gasteiger partial charge in [-0.2, -0.15) is 0 Å². The Hall–Kier alpha value is -0.770. The van der Waals surface area contributed by atoms with Gasteiger partial charge in [0.05, 0.1) is 0 Å². The van der Waals surface area contributed by atoms with Crippen LogP contribution in [-0.2, 0) is 4.74 Å². The molecule has 0 spiro atoms. The standard InChI is InChI=1S/C14H28N2O2/c1-5-15-9-8-12-7-6-10-16(11-12)13(17)18-14(2,3)4/h12,15H,5-11H2,1-4H3/t12-/m0/s1. The first-order valence-corrected chi connectivity index (χ1v) is 7.11. The van der Waals surface area contributed by atoms with E-state index in [1.54, 1.807) is 0 Å². The third kappa shape index (κ3) is 5.71. The van der Waals surface area contributed by atoms with Crippen LogP contribution in [0.4, 0.5) is 4.79 Å². The molecule has 0 radical (unpaired) electrons. The Kier molecular flexibility index (Phi) is 5.93. The second-order valence-corrected chi connectivity index (χ2v) is 6.08. The molecule has 4 heteroatoms. The number of nitrogens with zero attached hydrogens (tertiary/aromatic N) is 1. The van der Waals surface area contributed by atoms with E-state index in [4.69, 9.17) is 4.74 Å². The number of amides is 1. The third-order valence-corrected chi connectivity index (χ3v) is 3.15. The first kappa shape index (κ1) is 15.3. The molecular weight excluding hydrogens is 228 g/mol. The molecule has 106 valence electrons. The average molecular weight is 256 g/mol. The summed E-state index contributed by atoms with van der Waals surface area (Å²) in [7, 11) is 0. The van der Waals surface area contributed by atoms with Crippen molar-refractivity contribution in [2.75, 3.05) is 26.2 Å². The van der Waals surface area contributed by atoms with E-state index in [9.17, 15) is 4.79 Å². The van der Waals surface area contributed by atoms with Crippen molar-refractivity contribution in [3.8, 4) is 0 Å². The van der Waals surface area contributed by atoms with E-state index < -0.39 is 5.60 Å². The quantitative estimate of drug-likeness (QED) is 0.786. The fourth-order valence-electron chi connectivity index (χ4n) is 2.28. The lowest BCUT2D eigenvalue weighted by Crippen LogP contribution is -2.43. The molecule has 0 aliphatic carbocycles. The lowest BCUT2D eigenvalue weighted by atomic mass is 9.95. The fraction of sp³-hybridized carbons (Fsp3) is 0.929. The van der Waals surface area contributed by atoms with Crippen molar-refractivity contribution in [2.45, 2.75) is 52.6 Å². The second-order valence-electron chi connectivity index (χ2n) is 6.08. The molecule has 1 heterocycles. The highest BCUT2D eigenvalue weighted by Gasteiger charge is 2.27. The van der Waals surface area contributed by atoms with E-state index in [0.29, 0.717) is 5.92 Å². The highest BCUT2D eigenvalue weighted by atomic mass is 16.6. The minimum atomic E-state index is -0.395. The molecule has 1 atom stereocenters. The van der Waals surface area contributed by atoms with Gasteiger partial charge in [0.25, 0.3) is 0 Å². The third-order valence-electron chi connectivity index (χ3n) is 3.15. The van der Waals surface area contributed by atoms with E-state index in [1.807, 2.05) is 25.7 Å². The summed E-state index contributed by atoms with van der Waals surface area (Å²) in [5.41, 5.74) is -0.395. The van der Waals surface area contributed by atoms with Crippen LogP contribution < -0.4 is 5.32 Å². The number of hydrogen-bond donors (Lipinski definition) is 1. The SMILES string of the molecule is CCNCC[C@@H]1CCCN(C(=O)OC(C)(C)C)C1. The molecule has 18 heavy (non-hydrogen) atoms. The summed E-state index contributed by atoms with van der Waals surface area (Å²) < 4.78 is 5.42. The molecule has 1 amide bonds. The Morgan fingerprint density at radius 1 is 1.44 bits per heavy atom. The van der Waals surface area contributed by atoms with E-state index in [2.05, 4.69) is 12.2 Å². The average Bonchev–Trinajstić information content (AvgIpc) is 2.27. The first-order chi connectivity index (χ1) is 8.42. The number of piperidine rings is 1. The molecule has 1 saturated heterocycles. The van der Waals surface area contributed by atoms with E-state index in [0.717, 1.165) is 39.0 Å². The van der Waals surface area contributed by atoms with Crippen molar-refractivity contribution >= 4 is 6.09 Å². The maximum absolute atomic E-state index is 12.0. The van der Waals surface area contributed by atoms with E-state index in [-0.39, 0.29) is 6.09 Å². The summed E-state index contributed by atoms with van der Waals surface area (Å²) in [6, 6.07) is 0. The van der Waals surface area contributed by atoms with Gasteiger partial charge in [-0.3, -0.25) is 0 Å². The Bertz CT molecular complexity index is 261. The normalized spacial score (nSPS) is 20.9. The van der Waals surface area contributed by atoms with Gasteiger partial charge in [0.1, 0.15) is 5.60 Å². The molecule has 1 N–H and O–H groups in total. The van der Waals surface area contributed by atoms with Gasteiger partial charge in [-0.25, -0.2) is 4.79 Å². The summed E-state index contributed by atoms with van der Waals surface area (Å²) in [5, 5.41) is 3.34. The molecule has 1 rings (SSSR count). The molecule has 1 aliphatic heterocycles. The number of carbonyl (C=O) groups excluding carboxylic acids is 1. The molecule has 0 unspecified atom stereocenters. The van der Waals surface area contributed by atoms with Gasteiger partial charge in [0, 0.05) is 13.1 Å². The van der Waals surface area contributed by atoms with Gasteiger partial charge in [0.15, 0.2) is 0 Å². The van der Waals surface area contributed by atoms with Crippen LogP contribution in [0, 0.1) is 5.92 Å². The van der Waals surface area contributed by atoms with Crippen molar-refractivity contribution in [2.24, 2.45) is 5.92 Å². The zero-order valence-corrected chi connectivity index (χ0v) is 12.3. The van der Waals surface area contributed by atoms with Crippen molar-refractivity contribution in [3.05, 3.63) is 0 Å². The molecule has 0 saturated carbocycles. The number of hydrogen-bond acceptors (Lipinski definition) is 3. The fourth-order valence-corrected chi connectivity index (χ4v) is 2.28. The predicted octanol–water partition coefficient (Wildman–Crippen LogP) is 2.63. The molecular formula is C14H28N2O2. The Morgan fingerprint density at radius 2 is 2.17 bits per heavy atom. The van der Waals surface area contributed by atoms with E-state index >= 15 is 0 Å². The van der Waals surface area contributed by atoms with Crippen molar-refractivity contribution in [1.29, 1.82) is 0 Å². The maximum atomic E-state index is 12.0. The lowest BCUT2D eigenvalue weighted by molar-refractivity contribution is 0.0162. The minimum Gasteiger partial charge on any atom is -0.444 e. The summed E-state index contributed by atoms with van der Waals surface area (Å²) in [4.78, 5) is 13.8. The number of likely N-dealkylation sites (tertiary alicyclic amines) is 1. The van der Waals surface area contributed by atoms with Crippen LogP contribution in [0.1, 0.15) is 47.0 Å². The van der Waals surface area contributed by atoms with Gasteiger partial charge in [-0.1, -0.05) is 6.92 Å². The van der Waals surface area contributed by atoms with E-state index in [1.165, 1.54) is 6.42 Å². The summed E-state index contributed by atoms with van der Waals surface area (Å²) in [5.74, 6) is 0.616. The zero-order valence-electron chi connectivity index (χ0n) is 12.3. The molecule has 0 aromatic heterocycles. The van der Waals surface area contributed by atoms with Crippen LogP contribution in [0.5, 0.6) is 0 Å². The Labute approximate surface area is 111 Å². The predicted molar refractivity (Wildman–Crippen MR) is 73.7 cm³/mol. The summed E-state index contributed by atoms with van der Waals surface area (Å²) in [6.07, 6.45) is 3.31. The maximum Gasteiger partial charge on any atom is 0.410 e. The van der Waals surface area contributed by atoms with Gasteiger partial charge in [-0.05, 0) is 59.0 Å². The molecule has 4 nitrogen and oxygen atoms in total. The summed E-state index contributed by atoms with van der Waals surface area (Å²) >= 11 is 0. The monoisotopic (exact) mass is 256 g/mol. The highest BCUT2D eigenvalue weighted by Crippen LogP contribution is 2.21. The van der Waals surface area contributed by atoms with Crippen molar-refractivity contribution in [3.63, 3.8) is 0 Å². The van der Waals surface area contributed by atoms with Crippen LogP contribution in [0.3, 0.4) is 0 Å². The van der Waals surface area contributed by atoms with Gasteiger partial charge >= 0.3 is 6.09 Å². The van der Waals surface area contributed by atoms with Gasteiger partial charge < -0.3 is 15.0 Å². The smallest absolute Gasteiger partial charge is 0.410 e. The Morgan fingerprint density at radius 3 is 2.78 bits per heavy atom. The van der Waals surface area contributed by atoms with Crippen LogP contribution >= 0.6 is 0 Å². The van der Waals surface area contributed by atoms with Crippen LogP contribution in [-0.4, -0.2) is 42.8 Å². The topological polar surface area (TPSA) is 41.6 Å². The molecule has 1 aliphatic rings. The van der Waals surface area contributed by atoms with Gasteiger partial charge in [-0.15, -0.1) is 0 Å². The van der Waals surface area contributed by atoms with Crippen LogP contribution in [0.25, 0.3) is 0 Å². The minimum absolute atomic E-state index is 0.157. The van der Waals surface area contributed by atoms with Crippen LogP contribution in [0.15, 0.2) is 0 Å². The molecule has 0 aromatic carbocycles. The van der Waals surface area contributed by atoms with Crippen molar-refractivity contribution < 1.29 is 9.53 Å². The molecule has 0 aromatic rings. The first-order valence-electron chi connectivity index (χ1n) is 7.11.